The summed E-state index contributed by atoms with van der Waals surface area (Å²) in [5, 5.41) is 5.88. The van der Waals surface area contributed by atoms with Crippen LogP contribution in [0.1, 0.15) is 24.2 Å². The molecule has 1 heterocycles. The maximum Gasteiger partial charge on any atom is 0.321 e. The van der Waals surface area contributed by atoms with Crippen LogP contribution in [0.15, 0.2) is 18.2 Å². The fourth-order valence-electron chi connectivity index (χ4n) is 2.00. The molecule has 1 aliphatic rings. The Hall–Kier alpha value is -1.79. The Labute approximate surface area is 128 Å². The van der Waals surface area contributed by atoms with Crippen molar-refractivity contribution >= 4 is 29.2 Å². The second-order valence-electron chi connectivity index (χ2n) is 5.59. The molecule has 2 rings (SSSR count). The summed E-state index contributed by atoms with van der Waals surface area (Å²) in [5.41, 5.74) is 6.06. The van der Waals surface area contributed by atoms with E-state index in [-0.39, 0.29) is 11.9 Å². The molecule has 0 bridgehead atoms. The molecule has 0 saturated carbocycles. The highest BCUT2D eigenvalue weighted by Gasteiger charge is 2.24. The zero-order chi connectivity index (χ0) is 15.6. The van der Waals surface area contributed by atoms with Crippen LogP contribution in [0.4, 0.5) is 10.5 Å². The van der Waals surface area contributed by atoms with Gasteiger partial charge >= 0.3 is 6.03 Å². The normalized spacial score (nSPS) is 15.0. The smallest absolute Gasteiger partial charge is 0.321 e. The molecule has 0 spiro atoms. The van der Waals surface area contributed by atoms with Crippen LogP contribution in [0.5, 0.6) is 0 Å². The summed E-state index contributed by atoms with van der Waals surface area (Å²) in [6.45, 7) is 5.12. The number of anilines is 1. The van der Waals surface area contributed by atoms with Crippen molar-refractivity contribution in [1.82, 2.24) is 10.6 Å². The van der Waals surface area contributed by atoms with E-state index in [0.717, 1.165) is 0 Å². The summed E-state index contributed by atoms with van der Waals surface area (Å²) in [6, 6.07) is 4.78. The topological polar surface area (TPSA) is 87.5 Å². The van der Waals surface area contributed by atoms with Crippen molar-refractivity contribution in [1.29, 1.82) is 0 Å². The van der Waals surface area contributed by atoms with Crippen molar-refractivity contribution in [2.45, 2.75) is 19.4 Å². The minimum absolute atomic E-state index is 0.175. The number of urea groups is 1. The molecule has 1 saturated heterocycles. The molecule has 7 heteroatoms. The molecular weight excluding hydrogens is 292 g/mol. The number of carbonyl (C=O) groups is 2. The lowest BCUT2D eigenvalue weighted by molar-refractivity contribution is 0.0916. The van der Waals surface area contributed by atoms with Crippen LogP contribution in [0.3, 0.4) is 0 Å². The Bertz CT molecular complexity index is 574. The number of amides is 3. The molecule has 6 nitrogen and oxygen atoms in total. The van der Waals surface area contributed by atoms with E-state index in [2.05, 4.69) is 10.6 Å². The van der Waals surface area contributed by atoms with Crippen LogP contribution in [-0.2, 0) is 0 Å². The predicted molar refractivity (Wildman–Crippen MR) is 82.8 cm³/mol. The summed E-state index contributed by atoms with van der Waals surface area (Å²) >= 11 is 6.10. The van der Waals surface area contributed by atoms with Crippen LogP contribution in [0, 0.1) is 0 Å². The lowest BCUT2D eigenvalue weighted by atomic mass is 10.0. The third kappa shape index (κ3) is 3.46. The Morgan fingerprint density at radius 3 is 2.81 bits per heavy atom. The largest absolute Gasteiger partial charge is 0.346 e. The summed E-state index contributed by atoms with van der Waals surface area (Å²) in [6.07, 6.45) is 0. The van der Waals surface area contributed by atoms with E-state index in [1.165, 1.54) is 0 Å². The Kier molecular flexibility index (Phi) is 4.39. The molecule has 0 aromatic heterocycles. The molecule has 21 heavy (non-hydrogen) atoms. The maximum absolute atomic E-state index is 12.3. The van der Waals surface area contributed by atoms with E-state index in [4.69, 9.17) is 17.3 Å². The number of benzene rings is 1. The van der Waals surface area contributed by atoms with Gasteiger partial charge in [-0.3, -0.25) is 9.69 Å². The van der Waals surface area contributed by atoms with Crippen LogP contribution >= 0.6 is 11.6 Å². The molecule has 4 N–H and O–H groups in total. The number of nitrogens with two attached hydrogens (primary N) is 1. The van der Waals surface area contributed by atoms with Gasteiger partial charge in [0.15, 0.2) is 0 Å². The second kappa shape index (κ2) is 5.91. The molecule has 1 aromatic carbocycles. The summed E-state index contributed by atoms with van der Waals surface area (Å²) in [7, 11) is 0. The molecule has 1 fully saturated rings. The lowest BCUT2D eigenvalue weighted by Gasteiger charge is -2.25. The van der Waals surface area contributed by atoms with Gasteiger partial charge in [-0.1, -0.05) is 11.6 Å². The molecule has 0 atom stereocenters. The monoisotopic (exact) mass is 310 g/mol. The van der Waals surface area contributed by atoms with Crippen LogP contribution in [0.25, 0.3) is 0 Å². The van der Waals surface area contributed by atoms with E-state index < -0.39 is 5.54 Å². The zero-order valence-electron chi connectivity index (χ0n) is 12.1. The van der Waals surface area contributed by atoms with Crippen molar-refractivity contribution in [2.75, 3.05) is 24.5 Å². The first kappa shape index (κ1) is 15.6. The van der Waals surface area contributed by atoms with E-state index >= 15 is 0 Å². The van der Waals surface area contributed by atoms with Gasteiger partial charge in [-0.15, -0.1) is 0 Å². The molecule has 0 aliphatic carbocycles. The minimum Gasteiger partial charge on any atom is -0.346 e. The number of nitrogens with zero attached hydrogens (tertiary/aromatic N) is 1. The Balaban J connectivity index is 2.27. The number of carbonyl (C=O) groups excluding carboxylic acids is 2. The maximum atomic E-state index is 12.3. The predicted octanol–water partition coefficient (Wildman–Crippen LogP) is 1.34. The second-order valence-corrected chi connectivity index (χ2v) is 6.00. The van der Waals surface area contributed by atoms with E-state index in [0.29, 0.717) is 35.9 Å². The van der Waals surface area contributed by atoms with Gasteiger partial charge in [0.1, 0.15) is 0 Å². The first-order valence-corrected chi connectivity index (χ1v) is 7.09. The fraction of sp³-hybridized carbons (Fsp3) is 0.429. The zero-order valence-corrected chi connectivity index (χ0v) is 12.8. The van der Waals surface area contributed by atoms with Gasteiger partial charge in [0.2, 0.25) is 0 Å². The van der Waals surface area contributed by atoms with Gasteiger partial charge in [0, 0.05) is 30.9 Å². The Morgan fingerprint density at radius 1 is 1.52 bits per heavy atom. The van der Waals surface area contributed by atoms with Gasteiger partial charge in [-0.05, 0) is 32.0 Å². The van der Waals surface area contributed by atoms with Crippen molar-refractivity contribution in [2.24, 2.45) is 5.73 Å². The van der Waals surface area contributed by atoms with E-state index in [1.807, 2.05) is 13.8 Å². The average Bonchev–Trinajstić information content (AvgIpc) is 2.85. The SMILES string of the molecule is CC(C)(CN)NC(=O)c1cc(N2CCNC2=O)ccc1Cl. The van der Waals surface area contributed by atoms with Crippen molar-refractivity contribution in [3.05, 3.63) is 28.8 Å². The number of hydrogen-bond donors (Lipinski definition) is 3. The number of nitrogens with one attached hydrogen (secondary N) is 2. The molecule has 114 valence electrons. The fourth-order valence-corrected chi connectivity index (χ4v) is 2.20. The number of hydrogen-bond acceptors (Lipinski definition) is 3. The third-order valence-corrected chi connectivity index (χ3v) is 3.65. The molecule has 1 aliphatic heterocycles. The van der Waals surface area contributed by atoms with Crippen molar-refractivity contribution < 1.29 is 9.59 Å². The van der Waals surface area contributed by atoms with Gasteiger partial charge in [-0.2, -0.15) is 0 Å². The van der Waals surface area contributed by atoms with Crippen LogP contribution < -0.4 is 21.3 Å². The highest BCUT2D eigenvalue weighted by Crippen LogP contribution is 2.24. The van der Waals surface area contributed by atoms with E-state index in [1.54, 1.807) is 23.1 Å². The summed E-state index contributed by atoms with van der Waals surface area (Å²) in [4.78, 5) is 25.6. The summed E-state index contributed by atoms with van der Waals surface area (Å²) in [5.74, 6) is -0.308. The number of halogens is 1. The van der Waals surface area contributed by atoms with Crippen LogP contribution in [0.2, 0.25) is 5.02 Å². The molecule has 0 radical (unpaired) electrons. The molecule has 3 amide bonds. The standard InChI is InChI=1S/C14H19ClN4O2/c1-14(2,8-16)18-12(20)10-7-9(3-4-11(10)15)19-6-5-17-13(19)21/h3-4,7H,5-6,8,16H2,1-2H3,(H,17,21)(H,18,20). The molecule has 0 unspecified atom stereocenters. The lowest BCUT2D eigenvalue weighted by Crippen LogP contribution is -2.48. The first-order chi connectivity index (χ1) is 9.84. The van der Waals surface area contributed by atoms with Crippen LogP contribution in [-0.4, -0.2) is 37.1 Å². The van der Waals surface area contributed by atoms with Gasteiger partial charge in [0.25, 0.3) is 5.91 Å². The average molecular weight is 311 g/mol. The quantitative estimate of drug-likeness (QED) is 0.784. The summed E-state index contributed by atoms with van der Waals surface area (Å²) < 4.78 is 0. The van der Waals surface area contributed by atoms with Gasteiger partial charge < -0.3 is 16.4 Å². The van der Waals surface area contributed by atoms with Crippen molar-refractivity contribution in [3.8, 4) is 0 Å². The third-order valence-electron chi connectivity index (χ3n) is 3.33. The highest BCUT2D eigenvalue weighted by molar-refractivity contribution is 6.34. The Morgan fingerprint density at radius 2 is 2.24 bits per heavy atom. The van der Waals surface area contributed by atoms with Gasteiger partial charge in [0.05, 0.1) is 10.6 Å². The van der Waals surface area contributed by atoms with E-state index in [9.17, 15) is 9.59 Å². The van der Waals surface area contributed by atoms with Gasteiger partial charge in [-0.25, -0.2) is 4.79 Å². The highest BCUT2D eigenvalue weighted by atomic mass is 35.5. The molecular formula is C14H19ClN4O2. The number of rotatable bonds is 4. The first-order valence-electron chi connectivity index (χ1n) is 6.71. The van der Waals surface area contributed by atoms with Crippen molar-refractivity contribution in [3.63, 3.8) is 0 Å². The molecule has 1 aromatic rings. The minimum atomic E-state index is -0.526.